The Morgan fingerprint density at radius 1 is 1.04 bits per heavy atom. The first-order valence-corrected chi connectivity index (χ1v) is 8.19. The molecule has 3 aromatic rings. The van der Waals surface area contributed by atoms with Crippen LogP contribution in [0.15, 0.2) is 54.6 Å². The lowest BCUT2D eigenvalue weighted by Gasteiger charge is -2.17. The number of carbonyl (C=O) groups is 1. The van der Waals surface area contributed by atoms with Gasteiger partial charge in [0.2, 0.25) is 0 Å². The van der Waals surface area contributed by atoms with E-state index in [0.29, 0.717) is 5.56 Å². The first kappa shape index (κ1) is 16.6. The predicted octanol–water partition coefficient (Wildman–Crippen LogP) is 5.34. The second-order valence-electron chi connectivity index (χ2n) is 5.55. The monoisotopic (exact) mass is 359 g/mol. The summed E-state index contributed by atoms with van der Waals surface area (Å²) in [4.78, 5) is 12.5. The molecule has 0 aliphatic heterocycles. The van der Waals surface area contributed by atoms with Crippen LogP contribution in [0.25, 0.3) is 10.8 Å². The molecule has 0 saturated carbocycles. The normalized spacial score (nSPS) is 12.1. The van der Waals surface area contributed by atoms with Crippen molar-refractivity contribution in [2.45, 2.75) is 13.0 Å². The summed E-state index contributed by atoms with van der Waals surface area (Å²) >= 11 is 11.8. The molecule has 1 amide bonds. The van der Waals surface area contributed by atoms with Gasteiger partial charge in [0.05, 0.1) is 16.1 Å². The summed E-state index contributed by atoms with van der Waals surface area (Å²) in [6.07, 6.45) is 0. The molecule has 122 valence electrons. The number of fused-ring (bicyclic) bond motifs is 1. The molecular formula is C19H15Cl2NO2. The van der Waals surface area contributed by atoms with Crippen LogP contribution in [0.1, 0.15) is 28.9 Å². The van der Waals surface area contributed by atoms with E-state index in [2.05, 4.69) is 5.32 Å². The van der Waals surface area contributed by atoms with E-state index >= 15 is 0 Å². The van der Waals surface area contributed by atoms with E-state index in [1.807, 2.05) is 49.4 Å². The van der Waals surface area contributed by atoms with Gasteiger partial charge in [-0.15, -0.1) is 0 Å². The number of benzene rings is 3. The minimum Gasteiger partial charge on any atom is -0.505 e. The molecule has 3 rings (SSSR count). The highest BCUT2D eigenvalue weighted by Crippen LogP contribution is 2.33. The van der Waals surface area contributed by atoms with Crippen molar-refractivity contribution in [1.29, 1.82) is 0 Å². The number of halogens is 2. The lowest BCUT2D eigenvalue weighted by Crippen LogP contribution is -2.26. The number of phenols is 1. The summed E-state index contributed by atoms with van der Waals surface area (Å²) in [5.41, 5.74) is 1.33. The fraction of sp³-hybridized carbons (Fsp3) is 0.105. The van der Waals surface area contributed by atoms with Crippen LogP contribution in [0.3, 0.4) is 0 Å². The van der Waals surface area contributed by atoms with Crippen molar-refractivity contribution in [1.82, 2.24) is 5.32 Å². The Hall–Kier alpha value is -2.23. The average molecular weight is 360 g/mol. The predicted molar refractivity (Wildman–Crippen MR) is 98.0 cm³/mol. The van der Waals surface area contributed by atoms with E-state index in [9.17, 15) is 9.90 Å². The highest BCUT2D eigenvalue weighted by Gasteiger charge is 2.16. The molecule has 0 spiro atoms. The molecule has 24 heavy (non-hydrogen) atoms. The summed E-state index contributed by atoms with van der Waals surface area (Å²) in [6, 6.07) is 16.6. The minimum absolute atomic E-state index is 0.0467. The van der Waals surface area contributed by atoms with E-state index in [4.69, 9.17) is 23.2 Å². The Morgan fingerprint density at radius 3 is 2.38 bits per heavy atom. The van der Waals surface area contributed by atoms with Gasteiger partial charge in [-0.25, -0.2) is 0 Å². The Labute approximate surface area is 149 Å². The van der Waals surface area contributed by atoms with Gasteiger partial charge in [0.15, 0.2) is 5.75 Å². The molecule has 0 aromatic heterocycles. The maximum atomic E-state index is 12.5. The number of aromatic hydroxyl groups is 1. The molecule has 2 N–H and O–H groups in total. The molecule has 0 radical (unpaired) electrons. The van der Waals surface area contributed by atoms with Gasteiger partial charge in [-0.05, 0) is 35.4 Å². The smallest absolute Gasteiger partial charge is 0.251 e. The number of nitrogens with one attached hydrogen (secondary N) is 1. The van der Waals surface area contributed by atoms with Gasteiger partial charge < -0.3 is 10.4 Å². The van der Waals surface area contributed by atoms with Crippen molar-refractivity contribution in [3.63, 3.8) is 0 Å². The molecule has 0 unspecified atom stereocenters. The van der Waals surface area contributed by atoms with Crippen molar-refractivity contribution in [2.75, 3.05) is 0 Å². The third-order valence-corrected chi connectivity index (χ3v) is 4.49. The maximum Gasteiger partial charge on any atom is 0.251 e. The van der Waals surface area contributed by atoms with Gasteiger partial charge in [-0.1, -0.05) is 65.7 Å². The van der Waals surface area contributed by atoms with Crippen molar-refractivity contribution in [2.24, 2.45) is 0 Å². The Bertz CT molecular complexity index is 896. The SMILES string of the molecule is C[C@@H](NC(=O)c1cc(Cl)c(O)c(Cl)c1)c1cccc2ccccc12. The number of hydrogen-bond acceptors (Lipinski definition) is 2. The van der Waals surface area contributed by atoms with Crippen molar-refractivity contribution >= 4 is 39.9 Å². The van der Waals surface area contributed by atoms with Gasteiger partial charge in [-0.2, -0.15) is 0 Å². The Morgan fingerprint density at radius 2 is 1.67 bits per heavy atom. The number of hydrogen-bond donors (Lipinski definition) is 2. The van der Waals surface area contributed by atoms with Gasteiger partial charge in [0.25, 0.3) is 5.91 Å². The first-order chi connectivity index (χ1) is 11.5. The second-order valence-corrected chi connectivity index (χ2v) is 6.37. The van der Waals surface area contributed by atoms with Crippen LogP contribution < -0.4 is 5.32 Å². The molecule has 0 heterocycles. The number of phenolic OH excluding ortho intramolecular Hbond substituents is 1. The first-order valence-electron chi connectivity index (χ1n) is 7.44. The standard InChI is InChI=1S/C19H15Cl2NO2/c1-11(14-8-4-6-12-5-2-3-7-15(12)14)22-19(24)13-9-16(20)18(23)17(21)10-13/h2-11,23H,1H3,(H,22,24)/t11-/m1/s1. The van der Waals surface area contributed by atoms with Crippen LogP contribution in [-0.4, -0.2) is 11.0 Å². The molecule has 0 aliphatic rings. The van der Waals surface area contributed by atoms with Crippen molar-refractivity contribution in [3.05, 3.63) is 75.8 Å². The zero-order valence-electron chi connectivity index (χ0n) is 12.9. The van der Waals surface area contributed by atoms with Crippen LogP contribution in [0.4, 0.5) is 0 Å². The molecule has 0 saturated heterocycles. The highest BCUT2D eigenvalue weighted by atomic mass is 35.5. The molecule has 0 aliphatic carbocycles. The van der Waals surface area contributed by atoms with Crippen LogP contribution in [0, 0.1) is 0 Å². The fourth-order valence-electron chi connectivity index (χ4n) is 2.68. The molecule has 3 aromatic carbocycles. The summed E-state index contributed by atoms with van der Waals surface area (Å²) in [6.45, 7) is 1.92. The largest absolute Gasteiger partial charge is 0.505 e. The summed E-state index contributed by atoms with van der Waals surface area (Å²) in [7, 11) is 0. The summed E-state index contributed by atoms with van der Waals surface area (Å²) < 4.78 is 0. The quantitative estimate of drug-likeness (QED) is 0.662. The zero-order valence-corrected chi connectivity index (χ0v) is 14.4. The van der Waals surface area contributed by atoms with E-state index in [0.717, 1.165) is 16.3 Å². The van der Waals surface area contributed by atoms with Crippen molar-refractivity contribution < 1.29 is 9.90 Å². The molecule has 1 atom stereocenters. The molecular weight excluding hydrogens is 345 g/mol. The Balaban J connectivity index is 1.89. The van der Waals surface area contributed by atoms with Crippen LogP contribution in [0.5, 0.6) is 5.75 Å². The minimum atomic E-state index is -0.306. The van der Waals surface area contributed by atoms with E-state index in [1.165, 1.54) is 12.1 Å². The van der Waals surface area contributed by atoms with Gasteiger partial charge in [-0.3, -0.25) is 4.79 Å². The van der Waals surface area contributed by atoms with Crippen molar-refractivity contribution in [3.8, 4) is 5.75 Å². The van der Waals surface area contributed by atoms with Gasteiger partial charge in [0, 0.05) is 5.56 Å². The molecule has 5 heteroatoms. The maximum absolute atomic E-state index is 12.5. The molecule has 3 nitrogen and oxygen atoms in total. The van der Waals surface area contributed by atoms with Crippen LogP contribution in [-0.2, 0) is 0 Å². The zero-order chi connectivity index (χ0) is 17.3. The Kier molecular flexibility index (Phi) is 4.65. The van der Waals surface area contributed by atoms with Crippen LogP contribution in [0.2, 0.25) is 10.0 Å². The number of carbonyl (C=O) groups excluding carboxylic acids is 1. The van der Waals surface area contributed by atoms with E-state index in [1.54, 1.807) is 0 Å². The number of amides is 1. The third-order valence-electron chi connectivity index (χ3n) is 3.92. The van der Waals surface area contributed by atoms with Gasteiger partial charge in [0.1, 0.15) is 0 Å². The number of rotatable bonds is 3. The third kappa shape index (κ3) is 3.18. The van der Waals surface area contributed by atoms with E-state index in [-0.39, 0.29) is 27.7 Å². The highest BCUT2D eigenvalue weighted by molar-refractivity contribution is 6.37. The topological polar surface area (TPSA) is 49.3 Å². The molecule has 0 bridgehead atoms. The average Bonchev–Trinajstić information content (AvgIpc) is 2.58. The van der Waals surface area contributed by atoms with Crippen LogP contribution >= 0.6 is 23.2 Å². The molecule has 0 fully saturated rings. The fourth-order valence-corrected chi connectivity index (χ4v) is 3.17. The summed E-state index contributed by atoms with van der Waals surface area (Å²) in [5.74, 6) is -0.531. The lowest BCUT2D eigenvalue weighted by atomic mass is 9.99. The van der Waals surface area contributed by atoms with E-state index < -0.39 is 0 Å². The van der Waals surface area contributed by atoms with Gasteiger partial charge >= 0.3 is 0 Å². The second kappa shape index (κ2) is 6.71. The lowest BCUT2D eigenvalue weighted by molar-refractivity contribution is 0.0940. The summed E-state index contributed by atoms with van der Waals surface area (Å²) in [5, 5.41) is 14.8.